The summed E-state index contributed by atoms with van der Waals surface area (Å²) >= 11 is 7.57. The monoisotopic (exact) mass is 417 g/mol. The number of ether oxygens (including phenoxy) is 1. The smallest absolute Gasteiger partial charge is 0.224 e. The van der Waals surface area contributed by atoms with E-state index >= 15 is 0 Å². The minimum Gasteiger partial charge on any atom is -0.490 e. The lowest BCUT2D eigenvalue weighted by Gasteiger charge is -2.46. The molecule has 1 saturated heterocycles. The molecule has 0 aromatic heterocycles. The second kappa shape index (κ2) is 4.98. The van der Waals surface area contributed by atoms with Gasteiger partial charge < -0.3 is 4.74 Å². The predicted molar refractivity (Wildman–Crippen MR) is 88.1 cm³/mol. The Morgan fingerprint density at radius 1 is 1.33 bits per heavy atom. The first-order valence-electron chi connectivity index (χ1n) is 8.05. The summed E-state index contributed by atoms with van der Waals surface area (Å²) in [7, 11) is 0. The molecule has 0 aromatic rings. The largest absolute Gasteiger partial charge is 0.490 e. The van der Waals surface area contributed by atoms with E-state index < -0.39 is 0 Å². The number of alkyl halides is 1. The van der Waals surface area contributed by atoms with Crippen molar-refractivity contribution in [1.82, 2.24) is 4.90 Å². The maximum absolute atomic E-state index is 12.4. The zero-order valence-electron chi connectivity index (χ0n) is 12.3. The molecule has 0 radical (unpaired) electrons. The third-order valence-electron chi connectivity index (χ3n) is 5.94. The molecule has 2 aliphatic heterocycles. The molecule has 3 nitrogen and oxygen atoms in total. The quantitative estimate of drug-likeness (QED) is 0.433. The summed E-state index contributed by atoms with van der Waals surface area (Å²) in [6.07, 6.45) is 8.60. The molecule has 5 heteroatoms. The van der Waals surface area contributed by atoms with Gasteiger partial charge in [0.15, 0.2) is 0 Å². The van der Waals surface area contributed by atoms with Crippen LogP contribution in [0, 0.1) is 11.8 Å². The number of amides is 1. The summed E-state index contributed by atoms with van der Waals surface area (Å²) < 4.78 is 7.06. The predicted octanol–water partition coefficient (Wildman–Crippen LogP) is 4.30. The SMILES string of the molecule is CC(=O)N1C(Br)=C2O[C@@H]3C[C@H](CC14CCCCC4)[C@H]2C3Br. The van der Waals surface area contributed by atoms with E-state index in [1.165, 1.54) is 19.3 Å². The molecule has 116 valence electrons. The first-order valence-corrected chi connectivity index (χ1v) is 9.75. The summed E-state index contributed by atoms with van der Waals surface area (Å²) in [6.45, 7) is 1.70. The molecule has 21 heavy (non-hydrogen) atoms. The van der Waals surface area contributed by atoms with Crippen LogP contribution in [-0.2, 0) is 9.53 Å². The van der Waals surface area contributed by atoms with Crippen molar-refractivity contribution in [3.63, 3.8) is 0 Å². The van der Waals surface area contributed by atoms with E-state index in [4.69, 9.17) is 4.74 Å². The number of carbonyl (C=O) groups is 1. The van der Waals surface area contributed by atoms with Crippen molar-refractivity contribution in [2.24, 2.45) is 11.8 Å². The van der Waals surface area contributed by atoms with Gasteiger partial charge in [0.2, 0.25) is 5.91 Å². The average molecular weight is 419 g/mol. The highest BCUT2D eigenvalue weighted by Gasteiger charge is 2.59. The second-order valence-corrected chi connectivity index (χ2v) is 8.93. The molecule has 2 aliphatic carbocycles. The number of nitrogens with zero attached hydrogens (tertiary/aromatic N) is 1. The van der Waals surface area contributed by atoms with Crippen LogP contribution in [0.25, 0.3) is 0 Å². The first kappa shape index (κ1) is 14.6. The Kier molecular flexibility index (Phi) is 3.45. The number of halogens is 2. The van der Waals surface area contributed by atoms with Crippen LogP contribution in [0.5, 0.6) is 0 Å². The lowest BCUT2D eigenvalue weighted by Crippen LogP contribution is -2.51. The highest BCUT2D eigenvalue weighted by molar-refractivity contribution is 9.11. The highest BCUT2D eigenvalue weighted by Crippen LogP contribution is 2.59. The Morgan fingerprint density at radius 2 is 2.05 bits per heavy atom. The summed E-state index contributed by atoms with van der Waals surface area (Å²) in [5, 5.41) is 0. The van der Waals surface area contributed by atoms with Gasteiger partial charge in [-0.2, -0.15) is 0 Å². The van der Waals surface area contributed by atoms with Crippen LogP contribution >= 0.6 is 31.9 Å². The van der Waals surface area contributed by atoms with Gasteiger partial charge in [0.1, 0.15) is 16.5 Å². The molecule has 0 aromatic carbocycles. The number of rotatable bonds is 0. The van der Waals surface area contributed by atoms with Crippen molar-refractivity contribution in [1.29, 1.82) is 0 Å². The molecule has 2 saturated carbocycles. The van der Waals surface area contributed by atoms with E-state index in [0.29, 0.717) is 16.7 Å². The molecule has 0 N–H and O–H groups in total. The summed E-state index contributed by atoms with van der Waals surface area (Å²) in [6, 6.07) is 0. The molecule has 1 spiro atoms. The number of allylic oxidation sites excluding steroid dienone is 1. The van der Waals surface area contributed by atoms with E-state index in [0.717, 1.165) is 36.0 Å². The Balaban J connectivity index is 1.82. The zero-order valence-corrected chi connectivity index (χ0v) is 15.5. The topological polar surface area (TPSA) is 29.5 Å². The number of carbonyl (C=O) groups excluding carboxylic acids is 1. The minimum atomic E-state index is 0.0168. The van der Waals surface area contributed by atoms with Gasteiger partial charge in [-0.05, 0) is 47.5 Å². The highest BCUT2D eigenvalue weighted by atomic mass is 79.9. The lowest BCUT2D eigenvalue weighted by atomic mass is 9.73. The Morgan fingerprint density at radius 3 is 2.67 bits per heavy atom. The van der Waals surface area contributed by atoms with E-state index in [9.17, 15) is 4.79 Å². The summed E-state index contributed by atoms with van der Waals surface area (Å²) in [4.78, 5) is 14.9. The molecule has 2 heterocycles. The Hall–Kier alpha value is -0.0300. The van der Waals surface area contributed by atoms with Crippen molar-refractivity contribution in [2.75, 3.05) is 0 Å². The molecule has 4 aliphatic rings. The molecule has 3 fully saturated rings. The number of hydrogen-bond donors (Lipinski definition) is 0. The second-order valence-electron chi connectivity index (χ2n) is 7.12. The normalized spacial score (nSPS) is 40.4. The van der Waals surface area contributed by atoms with Crippen molar-refractivity contribution in [2.45, 2.75) is 68.3 Å². The van der Waals surface area contributed by atoms with Gasteiger partial charge >= 0.3 is 0 Å². The van der Waals surface area contributed by atoms with Crippen LogP contribution in [0.3, 0.4) is 0 Å². The zero-order chi connectivity index (χ0) is 14.8. The number of hydrogen-bond acceptors (Lipinski definition) is 2. The number of fused-ring (bicyclic) bond motifs is 1. The molecular weight excluding hydrogens is 398 g/mol. The van der Waals surface area contributed by atoms with Gasteiger partial charge in [0.05, 0.1) is 4.83 Å². The molecule has 4 rings (SSSR count). The third kappa shape index (κ3) is 1.99. The molecule has 1 amide bonds. The van der Waals surface area contributed by atoms with E-state index in [-0.39, 0.29) is 17.6 Å². The maximum atomic E-state index is 12.4. The van der Waals surface area contributed by atoms with Crippen molar-refractivity contribution < 1.29 is 9.53 Å². The van der Waals surface area contributed by atoms with Crippen LogP contribution < -0.4 is 0 Å². The van der Waals surface area contributed by atoms with Gasteiger partial charge in [-0.15, -0.1) is 0 Å². The summed E-state index contributed by atoms with van der Waals surface area (Å²) in [5.74, 6) is 2.26. The average Bonchev–Trinajstić information content (AvgIpc) is 2.89. The minimum absolute atomic E-state index is 0.0168. The Bertz CT molecular complexity index is 512. The fourth-order valence-electron chi connectivity index (χ4n) is 5.18. The molecule has 1 unspecified atom stereocenters. The maximum Gasteiger partial charge on any atom is 0.224 e. The first-order chi connectivity index (χ1) is 10.0. The fourth-order valence-corrected chi connectivity index (χ4v) is 7.16. The summed E-state index contributed by atoms with van der Waals surface area (Å²) in [5.41, 5.74) is 0.0168. The molecule has 2 bridgehead atoms. The van der Waals surface area contributed by atoms with E-state index in [1.807, 2.05) is 4.90 Å². The van der Waals surface area contributed by atoms with Gasteiger partial charge in [0, 0.05) is 18.4 Å². The van der Waals surface area contributed by atoms with Gasteiger partial charge in [-0.3, -0.25) is 9.69 Å². The van der Waals surface area contributed by atoms with Gasteiger partial charge in [-0.1, -0.05) is 35.2 Å². The van der Waals surface area contributed by atoms with Gasteiger partial charge in [0.25, 0.3) is 0 Å². The van der Waals surface area contributed by atoms with Crippen LogP contribution in [0.2, 0.25) is 0 Å². The van der Waals surface area contributed by atoms with E-state index in [2.05, 4.69) is 31.9 Å². The Labute approximate surface area is 142 Å². The van der Waals surface area contributed by atoms with Crippen molar-refractivity contribution in [3.05, 3.63) is 10.4 Å². The molecular formula is C16H21Br2NO2. The van der Waals surface area contributed by atoms with E-state index in [1.54, 1.807) is 6.92 Å². The fraction of sp³-hybridized carbons (Fsp3) is 0.812. The lowest BCUT2D eigenvalue weighted by molar-refractivity contribution is -0.133. The van der Waals surface area contributed by atoms with Crippen molar-refractivity contribution >= 4 is 37.8 Å². The van der Waals surface area contributed by atoms with Crippen LogP contribution in [0.15, 0.2) is 10.4 Å². The molecule has 4 atom stereocenters. The van der Waals surface area contributed by atoms with Crippen molar-refractivity contribution in [3.8, 4) is 0 Å². The third-order valence-corrected chi connectivity index (χ3v) is 7.84. The van der Waals surface area contributed by atoms with Crippen LogP contribution in [0.1, 0.15) is 51.9 Å². The van der Waals surface area contributed by atoms with Crippen LogP contribution in [-0.4, -0.2) is 27.3 Å². The standard InChI is InChI=1S/C16H21Br2NO2/c1-9(20)19-15(18)14-12-10(7-11(21-14)13(12)17)8-16(19)5-3-2-4-6-16/h10-13H,2-8H2,1H3/t10-,11-,12+,13?/m1/s1. The van der Waals surface area contributed by atoms with Crippen LogP contribution in [0.4, 0.5) is 0 Å². The van der Waals surface area contributed by atoms with Gasteiger partial charge in [-0.25, -0.2) is 0 Å².